The summed E-state index contributed by atoms with van der Waals surface area (Å²) in [6.07, 6.45) is 7.00. The van der Waals surface area contributed by atoms with Crippen LogP contribution in [0.25, 0.3) is 0 Å². The molecule has 0 aromatic heterocycles. The van der Waals surface area contributed by atoms with Crippen LogP contribution in [0.2, 0.25) is 0 Å². The Labute approximate surface area is 126 Å². The Morgan fingerprint density at radius 3 is 2.84 bits per heavy atom. The van der Waals surface area contributed by atoms with Crippen molar-refractivity contribution in [2.24, 2.45) is 4.99 Å². The van der Waals surface area contributed by atoms with Gasteiger partial charge in [0.05, 0.1) is 9.26 Å². The highest BCUT2D eigenvalue weighted by atomic mass is 127. The summed E-state index contributed by atoms with van der Waals surface area (Å²) in [5, 5.41) is 9.97. The van der Waals surface area contributed by atoms with Crippen LogP contribution in [0, 0.1) is 22.8 Å². The smallest absolute Gasteiger partial charge is 0.137 e. The van der Waals surface area contributed by atoms with E-state index in [1.807, 2.05) is 43.3 Å². The number of aromatic hydroxyl groups is 1. The average Bonchev–Trinajstić information content (AvgIpc) is 2.41. The number of rotatable bonds is 2. The van der Waals surface area contributed by atoms with Crippen molar-refractivity contribution in [1.29, 1.82) is 0 Å². The van der Waals surface area contributed by atoms with Crippen LogP contribution >= 0.6 is 22.6 Å². The predicted molar refractivity (Wildman–Crippen MR) is 87.2 cm³/mol. The lowest BCUT2D eigenvalue weighted by Crippen LogP contribution is -1.87. The van der Waals surface area contributed by atoms with E-state index in [-0.39, 0.29) is 5.75 Å². The molecule has 1 N–H and O–H groups in total. The molecule has 0 atom stereocenters. The Morgan fingerprint density at radius 2 is 2.11 bits per heavy atom. The molecule has 2 rings (SSSR count). The molecule has 0 radical (unpaired) electrons. The SMILES string of the molecule is C#Cc1cccc(/N=C/c2cc(C)cc(I)c2O)c1. The zero-order chi connectivity index (χ0) is 13.8. The third kappa shape index (κ3) is 3.36. The number of aliphatic imine (C=N–C) groups is 1. The number of aryl methyl sites for hydroxylation is 1. The van der Waals surface area contributed by atoms with E-state index in [2.05, 4.69) is 33.5 Å². The fraction of sp³-hybridized carbons (Fsp3) is 0.0625. The lowest BCUT2D eigenvalue weighted by Gasteiger charge is -2.03. The van der Waals surface area contributed by atoms with Crippen molar-refractivity contribution < 1.29 is 5.11 Å². The van der Waals surface area contributed by atoms with Crippen LogP contribution in [0.5, 0.6) is 5.75 Å². The molecule has 0 spiro atoms. The summed E-state index contributed by atoms with van der Waals surface area (Å²) >= 11 is 2.10. The zero-order valence-electron chi connectivity index (χ0n) is 10.4. The van der Waals surface area contributed by atoms with Gasteiger partial charge in [-0.3, -0.25) is 4.99 Å². The van der Waals surface area contributed by atoms with Crippen molar-refractivity contribution in [2.75, 3.05) is 0 Å². The van der Waals surface area contributed by atoms with Crippen LogP contribution in [-0.2, 0) is 0 Å². The quantitative estimate of drug-likeness (QED) is 0.489. The standard InChI is InChI=1S/C16H12INO/c1-3-12-5-4-6-14(9-12)18-10-13-7-11(2)8-15(17)16(13)19/h1,4-10,19H,2H3/b18-10+. The topological polar surface area (TPSA) is 32.6 Å². The van der Waals surface area contributed by atoms with Gasteiger partial charge in [-0.1, -0.05) is 12.0 Å². The normalized spacial score (nSPS) is 10.6. The second-order valence-corrected chi connectivity index (χ2v) is 5.30. The number of benzene rings is 2. The van der Waals surface area contributed by atoms with Crippen molar-refractivity contribution >= 4 is 34.5 Å². The molecule has 2 aromatic rings. The Balaban J connectivity index is 2.35. The lowest BCUT2D eigenvalue weighted by atomic mass is 10.1. The molecule has 3 heteroatoms. The van der Waals surface area contributed by atoms with Crippen LogP contribution < -0.4 is 0 Å². The predicted octanol–water partition coefficient (Wildman–Crippen LogP) is 4.04. The van der Waals surface area contributed by atoms with E-state index >= 15 is 0 Å². The van der Waals surface area contributed by atoms with Crippen LogP contribution in [0.15, 0.2) is 41.4 Å². The lowest BCUT2D eigenvalue weighted by molar-refractivity contribution is 0.470. The van der Waals surface area contributed by atoms with E-state index in [0.29, 0.717) is 5.56 Å². The molecular formula is C16H12INO. The van der Waals surface area contributed by atoms with Gasteiger partial charge in [-0.05, 0) is 65.4 Å². The highest BCUT2D eigenvalue weighted by Gasteiger charge is 2.04. The molecule has 0 amide bonds. The second-order valence-electron chi connectivity index (χ2n) is 4.14. The summed E-state index contributed by atoms with van der Waals surface area (Å²) in [4.78, 5) is 4.34. The number of halogens is 1. The first kappa shape index (κ1) is 13.6. The molecule has 0 heterocycles. The number of nitrogens with zero attached hydrogens (tertiary/aromatic N) is 1. The first-order valence-corrected chi connectivity index (χ1v) is 6.78. The van der Waals surface area contributed by atoms with Gasteiger partial charge in [0, 0.05) is 17.3 Å². The van der Waals surface area contributed by atoms with E-state index < -0.39 is 0 Å². The van der Waals surface area contributed by atoms with Crippen molar-refractivity contribution in [2.45, 2.75) is 6.92 Å². The highest BCUT2D eigenvalue weighted by Crippen LogP contribution is 2.25. The van der Waals surface area contributed by atoms with E-state index in [1.165, 1.54) is 0 Å². The van der Waals surface area contributed by atoms with Gasteiger partial charge < -0.3 is 5.11 Å². The van der Waals surface area contributed by atoms with Gasteiger partial charge in [-0.15, -0.1) is 6.42 Å². The first-order valence-electron chi connectivity index (χ1n) is 5.70. The molecule has 0 fully saturated rings. The first-order chi connectivity index (χ1) is 9.10. The van der Waals surface area contributed by atoms with E-state index in [4.69, 9.17) is 6.42 Å². The zero-order valence-corrected chi connectivity index (χ0v) is 12.5. The summed E-state index contributed by atoms with van der Waals surface area (Å²) in [7, 11) is 0. The molecule has 0 aliphatic rings. The molecule has 2 aromatic carbocycles. The molecule has 19 heavy (non-hydrogen) atoms. The molecule has 0 aliphatic carbocycles. The van der Waals surface area contributed by atoms with Gasteiger partial charge in [0.2, 0.25) is 0 Å². The maximum atomic E-state index is 9.97. The third-order valence-corrected chi connectivity index (χ3v) is 3.43. The fourth-order valence-electron chi connectivity index (χ4n) is 1.68. The maximum absolute atomic E-state index is 9.97. The minimum Gasteiger partial charge on any atom is -0.506 e. The molecular weight excluding hydrogens is 349 g/mol. The molecule has 0 unspecified atom stereocenters. The number of hydrogen-bond acceptors (Lipinski definition) is 2. The largest absolute Gasteiger partial charge is 0.506 e. The molecule has 94 valence electrons. The van der Waals surface area contributed by atoms with Gasteiger partial charge >= 0.3 is 0 Å². The minimum atomic E-state index is 0.253. The summed E-state index contributed by atoms with van der Waals surface area (Å²) in [6, 6.07) is 11.2. The summed E-state index contributed by atoms with van der Waals surface area (Å²) < 4.78 is 0.816. The molecule has 0 aliphatic heterocycles. The molecule has 0 saturated carbocycles. The van der Waals surface area contributed by atoms with Crippen molar-refractivity contribution in [3.63, 3.8) is 0 Å². The molecule has 0 saturated heterocycles. The van der Waals surface area contributed by atoms with Crippen LogP contribution in [0.3, 0.4) is 0 Å². The Hall–Kier alpha value is -1.80. The Morgan fingerprint density at radius 1 is 1.32 bits per heavy atom. The van der Waals surface area contributed by atoms with E-state index in [1.54, 1.807) is 6.21 Å². The summed E-state index contributed by atoms with van der Waals surface area (Å²) in [5.74, 6) is 2.82. The van der Waals surface area contributed by atoms with Crippen LogP contribution in [0.1, 0.15) is 16.7 Å². The number of phenols is 1. The van der Waals surface area contributed by atoms with Gasteiger partial charge in [0.1, 0.15) is 5.75 Å². The van der Waals surface area contributed by atoms with Gasteiger partial charge in [-0.2, -0.15) is 0 Å². The highest BCUT2D eigenvalue weighted by molar-refractivity contribution is 14.1. The van der Waals surface area contributed by atoms with Crippen molar-refractivity contribution in [3.05, 3.63) is 56.7 Å². The minimum absolute atomic E-state index is 0.253. The van der Waals surface area contributed by atoms with Crippen molar-refractivity contribution in [1.82, 2.24) is 0 Å². The van der Waals surface area contributed by atoms with Crippen LogP contribution in [-0.4, -0.2) is 11.3 Å². The number of phenolic OH excluding ortho intramolecular Hbond substituents is 1. The van der Waals surface area contributed by atoms with E-state index in [0.717, 1.165) is 20.4 Å². The second kappa shape index (κ2) is 5.89. The van der Waals surface area contributed by atoms with E-state index in [9.17, 15) is 5.11 Å². The number of hydrogen-bond donors (Lipinski definition) is 1. The molecule has 2 nitrogen and oxygen atoms in total. The molecule has 0 bridgehead atoms. The fourth-order valence-corrected chi connectivity index (χ4v) is 2.48. The van der Waals surface area contributed by atoms with Gasteiger partial charge in [0.15, 0.2) is 0 Å². The number of terminal acetylenes is 1. The van der Waals surface area contributed by atoms with Gasteiger partial charge in [-0.25, -0.2) is 0 Å². The van der Waals surface area contributed by atoms with Crippen LogP contribution in [0.4, 0.5) is 5.69 Å². The average molecular weight is 361 g/mol. The Kier molecular flexibility index (Phi) is 4.23. The monoisotopic (exact) mass is 361 g/mol. The third-order valence-electron chi connectivity index (χ3n) is 2.60. The Bertz CT molecular complexity index is 684. The summed E-state index contributed by atoms with van der Waals surface area (Å²) in [6.45, 7) is 1.98. The maximum Gasteiger partial charge on any atom is 0.137 e. The summed E-state index contributed by atoms with van der Waals surface area (Å²) in [5.41, 5.74) is 3.35. The van der Waals surface area contributed by atoms with Crippen molar-refractivity contribution in [3.8, 4) is 18.1 Å². The van der Waals surface area contributed by atoms with Gasteiger partial charge in [0.25, 0.3) is 0 Å².